The van der Waals surface area contributed by atoms with Crippen LogP contribution in [0.3, 0.4) is 0 Å². The summed E-state index contributed by atoms with van der Waals surface area (Å²) in [5, 5.41) is 0. The van der Waals surface area contributed by atoms with Crippen LogP contribution in [0.2, 0.25) is 0 Å². The van der Waals surface area contributed by atoms with Crippen LogP contribution in [0.5, 0.6) is 0 Å². The second kappa shape index (κ2) is 19.3. The Morgan fingerprint density at radius 3 is 1.19 bits per heavy atom. The fourth-order valence-corrected chi connectivity index (χ4v) is 9.50. The van der Waals surface area contributed by atoms with Gasteiger partial charge in [0.15, 0.2) is 0 Å². The van der Waals surface area contributed by atoms with Crippen LogP contribution in [0, 0.1) is 23.5 Å². The topological polar surface area (TPSA) is 9.23 Å². The van der Waals surface area contributed by atoms with Crippen LogP contribution in [0.1, 0.15) is 186 Å². The van der Waals surface area contributed by atoms with Crippen molar-refractivity contribution in [3.05, 3.63) is 141 Å². The molecule has 0 amide bonds. The Balaban J connectivity index is 1.35. The molecule has 4 aromatic rings. The van der Waals surface area contributed by atoms with E-state index in [4.69, 9.17) is 4.74 Å². The molecule has 0 radical (unpaired) electrons. The highest BCUT2D eigenvalue weighted by atomic mass is 19.1. The van der Waals surface area contributed by atoms with Crippen molar-refractivity contribution in [3.8, 4) is 0 Å². The first-order valence-electron chi connectivity index (χ1n) is 21.3. The van der Waals surface area contributed by atoms with Gasteiger partial charge in [-0.2, -0.15) is 0 Å². The molecule has 53 heavy (non-hydrogen) atoms. The monoisotopic (exact) mass is 718 g/mol. The molecule has 0 aliphatic heterocycles. The number of rotatable bonds is 16. The van der Waals surface area contributed by atoms with E-state index >= 15 is 8.78 Å². The third-order valence-electron chi connectivity index (χ3n) is 12.6. The summed E-state index contributed by atoms with van der Waals surface area (Å²) >= 11 is 0. The summed E-state index contributed by atoms with van der Waals surface area (Å²) in [6.45, 7) is 8.90. The van der Waals surface area contributed by atoms with Crippen molar-refractivity contribution in [2.45, 2.75) is 154 Å². The van der Waals surface area contributed by atoms with Crippen molar-refractivity contribution in [2.24, 2.45) is 11.8 Å². The minimum Gasteiger partial charge on any atom is -0.356 e. The van der Waals surface area contributed by atoms with Crippen molar-refractivity contribution in [1.82, 2.24) is 0 Å². The SMILES string of the molecule is CCCc1ccc(C(OC(c2ccc(CCC)cc2)c2ccc(C3CCC(CCC)CC3)cc2F)c2ccc(C3CCC(CCC)CC3)cc2F)cc1. The Labute approximate surface area is 320 Å². The van der Waals surface area contributed by atoms with Crippen LogP contribution >= 0.6 is 0 Å². The zero-order valence-electron chi connectivity index (χ0n) is 33.0. The molecule has 3 heteroatoms. The highest BCUT2D eigenvalue weighted by Crippen LogP contribution is 2.43. The zero-order valence-corrected chi connectivity index (χ0v) is 33.0. The van der Waals surface area contributed by atoms with Crippen molar-refractivity contribution >= 4 is 0 Å². The van der Waals surface area contributed by atoms with E-state index in [0.29, 0.717) is 23.0 Å². The standard InChI is InChI=1S/C50H64F2O/c1-5-9-35-13-21-39(22-14-35)43-29-31-45(47(51)33-43)49(41-25-17-37(11-7-3)18-26-41)53-50(42-27-19-38(12-8-4)20-28-42)46-32-30-44(34-48(46)52)40-23-15-36(10-6-2)16-24-40/h17-20,25-36,39-40,49-50H,5-16,21-24H2,1-4H3. The molecule has 2 atom stereocenters. The predicted octanol–water partition coefficient (Wildman–Crippen LogP) is 14.9. The number of aryl methyl sites for hydroxylation is 2. The Hall–Kier alpha value is -3.30. The van der Waals surface area contributed by atoms with Gasteiger partial charge in [0.2, 0.25) is 0 Å². The van der Waals surface area contributed by atoms with Crippen molar-refractivity contribution in [3.63, 3.8) is 0 Å². The van der Waals surface area contributed by atoms with Gasteiger partial charge in [-0.1, -0.05) is 139 Å². The largest absolute Gasteiger partial charge is 0.356 e. The van der Waals surface area contributed by atoms with Gasteiger partial charge in [-0.05, 0) is 133 Å². The Bertz CT molecular complexity index is 1570. The van der Waals surface area contributed by atoms with E-state index in [1.54, 1.807) is 12.1 Å². The van der Waals surface area contributed by atoms with Gasteiger partial charge in [0, 0.05) is 11.1 Å². The summed E-state index contributed by atoms with van der Waals surface area (Å²) in [7, 11) is 0. The lowest BCUT2D eigenvalue weighted by Gasteiger charge is -2.30. The zero-order chi connectivity index (χ0) is 37.2. The first-order valence-corrected chi connectivity index (χ1v) is 21.3. The lowest BCUT2D eigenvalue weighted by Crippen LogP contribution is -2.17. The molecular weight excluding hydrogens is 655 g/mol. The van der Waals surface area contributed by atoms with E-state index in [2.05, 4.69) is 88.4 Å². The molecule has 0 heterocycles. The van der Waals surface area contributed by atoms with E-state index in [9.17, 15) is 0 Å². The molecule has 6 rings (SSSR count). The average molecular weight is 719 g/mol. The summed E-state index contributed by atoms with van der Waals surface area (Å²) in [5.74, 6) is 1.90. The van der Waals surface area contributed by atoms with Crippen LogP contribution in [0.25, 0.3) is 0 Å². The van der Waals surface area contributed by atoms with E-state index in [0.717, 1.165) is 85.5 Å². The quantitative estimate of drug-likeness (QED) is 0.112. The molecule has 0 saturated heterocycles. The highest BCUT2D eigenvalue weighted by molar-refractivity contribution is 5.39. The molecule has 2 aliphatic rings. The van der Waals surface area contributed by atoms with Crippen LogP contribution in [-0.4, -0.2) is 0 Å². The lowest BCUT2D eigenvalue weighted by molar-refractivity contribution is 0.0270. The summed E-state index contributed by atoms with van der Waals surface area (Å²) in [4.78, 5) is 0. The van der Waals surface area contributed by atoms with Crippen molar-refractivity contribution < 1.29 is 13.5 Å². The van der Waals surface area contributed by atoms with Gasteiger partial charge in [-0.3, -0.25) is 0 Å². The molecule has 0 spiro atoms. The van der Waals surface area contributed by atoms with Gasteiger partial charge >= 0.3 is 0 Å². The van der Waals surface area contributed by atoms with Crippen LogP contribution in [0.4, 0.5) is 8.78 Å². The number of hydrogen-bond donors (Lipinski definition) is 0. The summed E-state index contributed by atoms with van der Waals surface area (Å²) in [6.07, 6.45) is 17.1. The third-order valence-corrected chi connectivity index (χ3v) is 12.6. The molecule has 2 aliphatic carbocycles. The molecule has 4 aromatic carbocycles. The first-order chi connectivity index (χ1) is 25.9. The van der Waals surface area contributed by atoms with Gasteiger partial charge in [0.1, 0.15) is 23.8 Å². The summed E-state index contributed by atoms with van der Waals surface area (Å²) < 4.78 is 40.3. The maximum absolute atomic E-state index is 16.6. The molecule has 0 bridgehead atoms. The maximum atomic E-state index is 16.6. The number of hydrogen-bond acceptors (Lipinski definition) is 1. The molecular formula is C50H64F2O. The summed E-state index contributed by atoms with van der Waals surface area (Å²) in [5.41, 5.74) is 7.44. The Morgan fingerprint density at radius 2 is 0.868 bits per heavy atom. The van der Waals surface area contributed by atoms with E-state index in [1.165, 1.54) is 62.5 Å². The molecule has 284 valence electrons. The molecule has 2 unspecified atom stereocenters. The van der Waals surface area contributed by atoms with Gasteiger partial charge < -0.3 is 4.74 Å². The average Bonchev–Trinajstić information content (AvgIpc) is 3.18. The van der Waals surface area contributed by atoms with Crippen LogP contribution < -0.4 is 0 Å². The van der Waals surface area contributed by atoms with E-state index < -0.39 is 12.2 Å². The van der Waals surface area contributed by atoms with Crippen LogP contribution in [0.15, 0.2) is 84.9 Å². The Kier molecular flexibility index (Phi) is 14.4. The fourth-order valence-electron chi connectivity index (χ4n) is 9.50. The summed E-state index contributed by atoms with van der Waals surface area (Å²) in [6, 6.07) is 28.5. The molecule has 2 fully saturated rings. The first kappa shape index (κ1) is 39.4. The van der Waals surface area contributed by atoms with Gasteiger partial charge in [-0.15, -0.1) is 0 Å². The number of halogens is 2. The second-order valence-corrected chi connectivity index (χ2v) is 16.5. The maximum Gasteiger partial charge on any atom is 0.129 e. The van der Waals surface area contributed by atoms with Crippen molar-refractivity contribution in [2.75, 3.05) is 0 Å². The second-order valence-electron chi connectivity index (χ2n) is 16.5. The smallest absolute Gasteiger partial charge is 0.129 e. The minimum atomic E-state index is -0.715. The molecule has 0 aromatic heterocycles. The van der Waals surface area contributed by atoms with Crippen LogP contribution in [-0.2, 0) is 17.6 Å². The number of benzene rings is 4. The van der Waals surface area contributed by atoms with Gasteiger partial charge in [0.05, 0.1) is 0 Å². The van der Waals surface area contributed by atoms with Crippen molar-refractivity contribution in [1.29, 1.82) is 0 Å². The predicted molar refractivity (Wildman–Crippen MR) is 218 cm³/mol. The number of ether oxygens (including phenoxy) is 1. The minimum absolute atomic E-state index is 0.243. The van der Waals surface area contributed by atoms with Gasteiger partial charge in [-0.25, -0.2) is 8.78 Å². The molecule has 2 saturated carbocycles. The third kappa shape index (κ3) is 10.1. The van der Waals surface area contributed by atoms with E-state index in [-0.39, 0.29) is 11.6 Å². The molecule has 1 nitrogen and oxygen atoms in total. The lowest BCUT2D eigenvalue weighted by atomic mass is 9.77. The van der Waals surface area contributed by atoms with Gasteiger partial charge in [0.25, 0.3) is 0 Å². The molecule has 0 N–H and O–H groups in total. The fraction of sp³-hybridized carbons (Fsp3) is 0.520. The Morgan fingerprint density at radius 1 is 0.491 bits per heavy atom. The van der Waals surface area contributed by atoms with E-state index in [1.807, 2.05) is 12.1 Å². The normalized spacial score (nSPS) is 21.7. The highest BCUT2D eigenvalue weighted by Gasteiger charge is 2.30.